The Hall–Kier alpha value is -1.76. The highest BCUT2D eigenvalue weighted by atomic mass is 35.5. The van der Waals surface area contributed by atoms with Crippen LogP contribution >= 0.6 is 11.6 Å². The molecule has 0 spiro atoms. The summed E-state index contributed by atoms with van der Waals surface area (Å²) in [6, 6.07) is 10.3. The Bertz CT molecular complexity index is 776. The summed E-state index contributed by atoms with van der Waals surface area (Å²) in [5.74, 6) is 0.558. The Morgan fingerprint density at radius 3 is 2.48 bits per heavy atom. The van der Waals surface area contributed by atoms with E-state index in [0.717, 1.165) is 19.2 Å². The Kier molecular flexibility index (Phi) is 6.29. The molecule has 0 amide bonds. The summed E-state index contributed by atoms with van der Waals surface area (Å²) in [7, 11) is 0. The first-order valence-corrected chi connectivity index (χ1v) is 9.32. The second-order valence-corrected chi connectivity index (χ2v) is 6.83. The molecule has 1 unspecified atom stereocenters. The number of piperazine rings is 1. The third-order valence-electron chi connectivity index (χ3n) is 4.64. The molecule has 7 heteroatoms. The van der Waals surface area contributed by atoms with Crippen LogP contribution in [0.3, 0.4) is 0 Å². The molecular formula is C20H22ClF3N2O. The van der Waals surface area contributed by atoms with Crippen molar-refractivity contribution in [2.75, 3.05) is 32.8 Å². The van der Waals surface area contributed by atoms with Crippen LogP contribution in [0.2, 0.25) is 5.02 Å². The summed E-state index contributed by atoms with van der Waals surface area (Å²) in [6.45, 7) is 4.97. The summed E-state index contributed by atoms with van der Waals surface area (Å²) >= 11 is 6.21. The van der Waals surface area contributed by atoms with Gasteiger partial charge in [-0.3, -0.25) is 4.90 Å². The number of benzene rings is 2. The Morgan fingerprint density at radius 2 is 1.81 bits per heavy atom. The van der Waals surface area contributed by atoms with Gasteiger partial charge in [-0.05, 0) is 36.8 Å². The van der Waals surface area contributed by atoms with Crippen molar-refractivity contribution in [2.24, 2.45) is 0 Å². The number of hydrogen-bond donors (Lipinski definition) is 1. The lowest BCUT2D eigenvalue weighted by atomic mass is 9.91. The molecule has 0 saturated carbocycles. The van der Waals surface area contributed by atoms with Crippen molar-refractivity contribution < 1.29 is 17.9 Å². The van der Waals surface area contributed by atoms with E-state index in [-0.39, 0.29) is 5.56 Å². The molecule has 0 radical (unpaired) electrons. The largest absolute Gasteiger partial charge is 0.494 e. The molecule has 1 N–H and O–H groups in total. The average Bonchev–Trinajstić information content (AvgIpc) is 2.65. The van der Waals surface area contributed by atoms with Crippen LogP contribution in [0, 0.1) is 0 Å². The molecule has 0 bridgehead atoms. The second-order valence-electron chi connectivity index (χ2n) is 6.39. The molecule has 1 heterocycles. The van der Waals surface area contributed by atoms with Crippen molar-refractivity contribution in [3.8, 4) is 5.75 Å². The van der Waals surface area contributed by atoms with Crippen molar-refractivity contribution >= 4 is 11.6 Å². The molecule has 27 heavy (non-hydrogen) atoms. The molecule has 0 aromatic heterocycles. The van der Waals surface area contributed by atoms with Gasteiger partial charge in [0, 0.05) is 36.8 Å². The minimum Gasteiger partial charge on any atom is -0.494 e. The molecule has 2 aromatic rings. The van der Waals surface area contributed by atoms with E-state index >= 15 is 0 Å². The maximum absolute atomic E-state index is 13.7. The molecule has 1 aliphatic heterocycles. The standard InChI is InChI=1S/C20H22ClF3N2O/c1-2-27-18-8-7-14(21)13-16(18)19(26-11-9-25-10-12-26)15-5-3-4-6-17(15)20(22,23)24/h3-8,13,19,25H,2,9-12H2,1H3. The van der Waals surface area contributed by atoms with Gasteiger partial charge in [-0.1, -0.05) is 29.8 Å². The van der Waals surface area contributed by atoms with E-state index in [2.05, 4.69) is 10.2 Å². The van der Waals surface area contributed by atoms with E-state index in [4.69, 9.17) is 16.3 Å². The predicted octanol–water partition coefficient (Wildman–Crippen LogP) is 4.75. The van der Waals surface area contributed by atoms with Gasteiger partial charge < -0.3 is 10.1 Å². The molecule has 3 nitrogen and oxygen atoms in total. The minimum atomic E-state index is -4.44. The fourth-order valence-corrected chi connectivity index (χ4v) is 3.70. The van der Waals surface area contributed by atoms with Crippen LogP contribution in [0.25, 0.3) is 0 Å². The van der Waals surface area contributed by atoms with Gasteiger partial charge in [-0.2, -0.15) is 13.2 Å². The molecule has 1 fully saturated rings. The fourth-order valence-electron chi connectivity index (χ4n) is 3.51. The van der Waals surface area contributed by atoms with Crippen molar-refractivity contribution in [1.82, 2.24) is 10.2 Å². The third-order valence-corrected chi connectivity index (χ3v) is 4.88. The maximum atomic E-state index is 13.7. The molecule has 1 atom stereocenters. The van der Waals surface area contributed by atoms with Gasteiger partial charge >= 0.3 is 6.18 Å². The van der Waals surface area contributed by atoms with E-state index in [1.165, 1.54) is 6.07 Å². The van der Waals surface area contributed by atoms with Gasteiger partial charge in [-0.15, -0.1) is 0 Å². The summed E-state index contributed by atoms with van der Waals surface area (Å²) in [5.41, 5.74) is 0.244. The molecule has 1 saturated heterocycles. The predicted molar refractivity (Wildman–Crippen MR) is 100 cm³/mol. The van der Waals surface area contributed by atoms with E-state index in [0.29, 0.717) is 36.0 Å². The van der Waals surface area contributed by atoms with Crippen LogP contribution in [-0.2, 0) is 6.18 Å². The monoisotopic (exact) mass is 398 g/mol. The molecule has 0 aliphatic carbocycles. The van der Waals surface area contributed by atoms with E-state index < -0.39 is 17.8 Å². The second kappa shape index (κ2) is 8.50. The molecule has 2 aromatic carbocycles. The zero-order chi connectivity index (χ0) is 19.4. The molecule has 1 aliphatic rings. The lowest BCUT2D eigenvalue weighted by Crippen LogP contribution is -2.45. The minimum absolute atomic E-state index is 0.218. The van der Waals surface area contributed by atoms with Crippen LogP contribution in [0.1, 0.15) is 29.7 Å². The Morgan fingerprint density at radius 1 is 1.11 bits per heavy atom. The number of rotatable bonds is 5. The van der Waals surface area contributed by atoms with E-state index in [1.807, 2.05) is 6.92 Å². The quantitative estimate of drug-likeness (QED) is 0.786. The SMILES string of the molecule is CCOc1ccc(Cl)cc1C(c1ccccc1C(F)(F)F)N1CCNCC1. The topological polar surface area (TPSA) is 24.5 Å². The lowest BCUT2D eigenvalue weighted by Gasteiger charge is -2.37. The average molecular weight is 399 g/mol. The van der Waals surface area contributed by atoms with Crippen LogP contribution in [0.4, 0.5) is 13.2 Å². The van der Waals surface area contributed by atoms with Crippen LogP contribution in [0.5, 0.6) is 5.75 Å². The molecule has 3 rings (SSSR count). The highest BCUT2D eigenvalue weighted by Crippen LogP contribution is 2.42. The Balaban J connectivity index is 2.19. The maximum Gasteiger partial charge on any atom is 0.416 e. The first kappa shape index (κ1) is 20.0. The number of nitrogens with zero attached hydrogens (tertiary/aromatic N) is 1. The number of ether oxygens (including phenoxy) is 1. The Labute approximate surface area is 162 Å². The van der Waals surface area contributed by atoms with Gasteiger partial charge in [0.1, 0.15) is 5.75 Å². The van der Waals surface area contributed by atoms with Gasteiger partial charge in [-0.25, -0.2) is 0 Å². The summed E-state index contributed by atoms with van der Waals surface area (Å²) in [6.07, 6.45) is -4.44. The van der Waals surface area contributed by atoms with E-state index in [9.17, 15) is 13.2 Å². The van der Waals surface area contributed by atoms with Crippen molar-refractivity contribution in [1.29, 1.82) is 0 Å². The summed E-state index contributed by atoms with van der Waals surface area (Å²) < 4.78 is 46.9. The van der Waals surface area contributed by atoms with Crippen LogP contribution in [0.15, 0.2) is 42.5 Å². The van der Waals surface area contributed by atoms with Crippen LogP contribution in [-0.4, -0.2) is 37.7 Å². The highest BCUT2D eigenvalue weighted by molar-refractivity contribution is 6.30. The zero-order valence-electron chi connectivity index (χ0n) is 15.0. The van der Waals surface area contributed by atoms with Crippen molar-refractivity contribution in [3.63, 3.8) is 0 Å². The van der Waals surface area contributed by atoms with Gasteiger partial charge in [0.15, 0.2) is 0 Å². The van der Waals surface area contributed by atoms with Crippen LogP contribution < -0.4 is 10.1 Å². The first-order chi connectivity index (χ1) is 12.9. The molecular weight excluding hydrogens is 377 g/mol. The number of alkyl halides is 3. The van der Waals surface area contributed by atoms with Gasteiger partial charge in [0.25, 0.3) is 0 Å². The number of hydrogen-bond acceptors (Lipinski definition) is 3. The van der Waals surface area contributed by atoms with Gasteiger partial charge in [0.2, 0.25) is 0 Å². The zero-order valence-corrected chi connectivity index (χ0v) is 15.8. The summed E-state index contributed by atoms with van der Waals surface area (Å²) in [4.78, 5) is 2.05. The van der Waals surface area contributed by atoms with Gasteiger partial charge in [0.05, 0.1) is 18.2 Å². The number of halogens is 4. The third kappa shape index (κ3) is 4.57. The van der Waals surface area contributed by atoms with E-state index in [1.54, 1.807) is 30.3 Å². The number of nitrogens with one attached hydrogen (secondary N) is 1. The normalized spacial score (nSPS) is 16.9. The molecule has 146 valence electrons. The summed E-state index contributed by atoms with van der Waals surface area (Å²) in [5, 5.41) is 3.72. The first-order valence-electron chi connectivity index (χ1n) is 8.95. The highest BCUT2D eigenvalue weighted by Gasteiger charge is 2.38. The van der Waals surface area contributed by atoms with Crippen molar-refractivity contribution in [3.05, 3.63) is 64.2 Å². The smallest absolute Gasteiger partial charge is 0.416 e. The van der Waals surface area contributed by atoms with Crippen molar-refractivity contribution in [2.45, 2.75) is 19.1 Å². The lowest BCUT2D eigenvalue weighted by molar-refractivity contribution is -0.138. The fraction of sp³-hybridized carbons (Fsp3) is 0.400.